The summed E-state index contributed by atoms with van der Waals surface area (Å²) in [6.45, 7) is 0. The van der Waals surface area contributed by atoms with Crippen molar-refractivity contribution < 1.29 is 19.1 Å². The lowest BCUT2D eigenvalue weighted by atomic mass is 10.0. The fourth-order valence-corrected chi connectivity index (χ4v) is 3.17. The maximum Gasteiger partial charge on any atom is 0.308 e. The maximum absolute atomic E-state index is 12.2. The van der Waals surface area contributed by atoms with Gasteiger partial charge in [0.05, 0.1) is 5.92 Å². The molecular formula is C15H14BrNO4. The number of carbonyl (C=O) groups excluding carboxylic acids is 1. The van der Waals surface area contributed by atoms with E-state index in [2.05, 4.69) is 21.2 Å². The first-order chi connectivity index (χ1) is 10.0. The van der Waals surface area contributed by atoms with E-state index in [1.807, 2.05) is 12.1 Å². The van der Waals surface area contributed by atoms with E-state index in [1.54, 1.807) is 12.1 Å². The number of rotatable bonds is 3. The molecule has 1 aromatic carbocycles. The van der Waals surface area contributed by atoms with Crippen molar-refractivity contribution in [1.82, 2.24) is 5.32 Å². The molecule has 1 aliphatic carbocycles. The van der Waals surface area contributed by atoms with E-state index < -0.39 is 11.9 Å². The Hall–Kier alpha value is -1.82. The average molecular weight is 352 g/mol. The Balaban J connectivity index is 1.79. The van der Waals surface area contributed by atoms with Gasteiger partial charge in [-0.2, -0.15) is 0 Å². The van der Waals surface area contributed by atoms with Crippen molar-refractivity contribution in [3.05, 3.63) is 34.5 Å². The summed E-state index contributed by atoms with van der Waals surface area (Å²) in [5.41, 5.74) is 0.629. The number of fused-ring (bicyclic) bond motifs is 1. The second-order valence-corrected chi connectivity index (χ2v) is 6.16. The predicted molar refractivity (Wildman–Crippen MR) is 80.1 cm³/mol. The normalized spacial score (nSPS) is 21.6. The van der Waals surface area contributed by atoms with Gasteiger partial charge in [-0.15, -0.1) is 0 Å². The van der Waals surface area contributed by atoms with Crippen molar-refractivity contribution in [2.45, 2.75) is 25.3 Å². The summed E-state index contributed by atoms with van der Waals surface area (Å²) in [5, 5.41) is 12.7. The number of carbonyl (C=O) groups is 2. The number of furan rings is 1. The molecule has 0 aliphatic heterocycles. The van der Waals surface area contributed by atoms with Crippen LogP contribution in [0.25, 0.3) is 11.0 Å². The number of hydrogen-bond acceptors (Lipinski definition) is 3. The van der Waals surface area contributed by atoms with Gasteiger partial charge in [-0.05, 0) is 37.1 Å². The van der Waals surface area contributed by atoms with E-state index in [4.69, 9.17) is 9.52 Å². The second-order valence-electron chi connectivity index (χ2n) is 5.25. The molecule has 1 aliphatic rings. The van der Waals surface area contributed by atoms with Gasteiger partial charge in [-0.1, -0.05) is 22.4 Å². The quantitative estimate of drug-likeness (QED) is 0.889. The summed E-state index contributed by atoms with van der Waals surface area (Å²) in [5.74, 6) is -1.52. The van der Waals surface area contributed by atoms with Gasteiger partial charge in [0.25, 0.3) is 5.91 Å². The third-order valence-corrected chi connectivity index (χ3v) is 4.35. The van der Waals surface area contributed by atoms with Gasteiger partial charge in [0.2, 0.25) is 0 Å². The molecular weight excluding hydrogens is 338 g/mol. The summed E-state index contributed by atoms with van der Waals surface area (Å²) < 4.78 is 6.42. The van der Waals surface area contributed by atoms with E-state index in [1.165, 1.54) is 0 Å². The summed E-state index contributed by atoms with van der Waals surface area (Å²) in [7, 11) is 0. The highest BCUT2D eigenvalue weighted by molar-refractivity contribution is 9.10. The highest BCUT2D eigenvalue weighted by Gasteiger charge is 2.34. The van der Waals surface area contributed by atoms with Crippen molar-refractivity contribution in [2.24, 2.45) is 5.92 Å². The summed E-state index contributed by atoms with van der Waals surface area (Å²) in [6, 6.07) is 6.83. The molecule has 0 saturated heterocycles. The van der Waals surface area contributed by atoms with E-state index in [0.29, 0.717) is 18.4 Å². The zero-order valence-corrected chi connectivity index (χ0v) is 12.7. The van der Waals surface area contributed by atoms with Crippen molar-refractivity contribution in [1.29, 1.82) is 0 Å². The van der Waals surface area contributed by atoms with Crippen LogP contribution in [0, 0.1) is 5.92 Å². The van der Waals surface area contributed by atoms with E-state index >= 15 is 0 Å². The Morgan fingerprint density at radius 2 is 2.10 bits per heavy atom. The third kappa shape index (κ3) is 2.81. The number of hydrogen-bond donors (Lipinski definition) is 2. The Labute approximate surface area is 129 Å². The smallest absolute Gasteiger partial charge is 0.308 e. The van der Waals surface area contributed by atoms with E-state index in [0.717, 1.165) is 16.3 Å². The molecule has 0 unspecified atom stereocenters. The van der Waals surface area contributed by atoms with Crippen LogP contribution < -0.4 is 5.32 Å². The van der Waals surface area contributed by atoms with Gasteiger partial charge in [-0.3, -0.25) is 9.59 Å². The van der Waals surface area contributed by atoms with Crippen LogP contribution in [0.5, 0.6) is 0 Å². The SMILES string of the molecule is O=C(N[C@H]1CCC[C@H]1C(=O)O)c1cc2cc(Br)ccc2o1. The molecule has 2 aromatic rings. The fourth-order valence-electron chi connectivity index (χ4n) is 2.79. The van der Waals surface area contributed by atoms with Crippen LogP contribution in [0.1, 0.15) is 29.8 Å². The van der Waals surface area contributed by atoms with Crippen LogP contribution in [0.4, 0.5) is 0 Å². The Bertz CT molecular complexity index is 709. The maximum atomic E-state index is 12.2. The second kappa shape index (κ2) is 5.52. The summed E-state index contributed by atoms with van der Waals surface area (Å²) in [6.07, 6.45) is 2.11. The van der Waals surface area contributed by atoms with Gasteiger partial charge in [0.15, 0.2) is 5.76 Å². The van der Waals surface area contributed by atoms with Crippen LogP contribution in [0.15, 0.2) is 33.2 Å². The molecule has 0 bridgehead atoms. The van der Waals surface area contributed by atoms with Gasteiger partial charge >= 0.3 is 5.97 Å². The highest BCUT2D eigenvalue weighted by Crippen LogP contribution is 2.27. The van der Waals surface area contributed by atoms with Gasteiger partial charge in [0, 0.05) is 15.9 Å². The lowest BCUT2D eigenvalue weighted by Crippen LogP contribution is -2.40. The molecule has 1 amide bonds. The third-order valence-electron chi connectivity index (χ3n) is 3.85. The average Bonchev–Trinajstić information content (AvgIpc) is 3.04. The van der Waals surface area contributed by atoms with Gasteiger partial charge < -0.3 is 14.8 Å². The number of amides is 1. The molecule has 6 heteroatoms. The number of nitrogens with one attached hydrogen (secondary N) is 1. The van der Waals surface area contributed by atoms with E-state index in [-0.39, 0.29) is 17.7 Å². The molecule has 2 N–H and O–H groups in total. The first kappa shape index (κ1) is 14.1. The van der Waals surface area contributed by atoms with Crippen LogP contribution >= 0.6 is 15.9 Å². The minimum Gasteiger partial charge on any atom is -0.481 e. The minimum absolute atomic E-state index is 0.208. The molecule has 1 saturated carbocycles. The van der Waals surface area contributed by atoms with Crippen molar-refractivity contribution >= 4 is 38.8 Å². The monoisotopic (exact) mass is 351 g/mol. The molecule has 0 radical (unpaired) electrons. The van der Waals surface area contributed by atoms with Crippen molar-refractivity contribution in [3.63, 3.8) is 0 Å². The fraction of sp³-hybridized carbons (Fsp3) is 0.333. The Kier molecular flexibility index (Phi) is 3.71. The number of carboxylic acid groups (broad SMARTS) is 1. The number of benzene rings is 1. The zero-order valence-electron chi connectivity index (χ0n) is 11.1. The molecule has 1 fully saturated rings. The lowest BCUT2D eigenvalue weighted by molar-refractivity contribution is -0.142. The first-order valence-corrected chi connectivity index (χ1v) is 7.56. The Morgan fingerprint density at radius 1 is 1.29 bits per heavy atom. The predicted octanol–water partition coefficient (Wildman–Crippen LogP) is 3.18. The molecule has 110 valence electrons. The molecule has 0 spiro atoms. The minimum atomic E-state index is -0.855. The van der Waals surface area contributed by atoms with Crippen molar-refractivity contribution in [3.8, 4) is 0 Å². The molecule has 3 rings (SSSR count). The molecule has 2 atom stereocenters. The zero-order chi connectivity index (χ0) is 15.0. The molecule has 5 nitrogen and oxygen atoms in total. The van der Waals surface area contributed by atoms with Gasteiger partial charge in [-0.25, -0.2) is 0 Å². The topological polar surface area (TPSA) is 79.5 Å². The largest absolute Gasteiger partial charge is 0.481 e. The number of carboxylic acids is 1. The summed E-state index contributed by atoms with van der Waals surface area (Å²) >= 11 is 3.37. The van der Waals surface area contributed by atoms with Crippen LogP contribution in [0.3, 0.4) is 0 Å². The Morgan fingerprint density at radius 3 is 2.86 bits per heavy atom. The summed E-state index contributed by atoms with van der Waals surface area (Å²) in [4.78, 5) is 23.3. The van der Waals surface area contributed by atoms with E-state index in [9.17, 15) is 9.59 Å². The van der Waals surface area contributed by atoms with Gasteiger partial charge in [0.1, 0.15) is 5.58 Å². The van der Waals surface area contributed by atoms with Crippen LogP contribution in [0.2, 0.25) is 0 Å². The van der Waals surface area contributed by atoms with Crippen molar-refractivity contribution in [2.75, 3.05) is 0 Å². The molecule has 1 aromatic heterocycles. The molecule has 1 heterocycles. The first-order valence-electron chi connectivity index (χ1n) is 6.77. The number of halogens is 1. The lowest BCUT2D eigenvalue weighted by Gasteiger charge is -2.16. The number of aliphatic carboxylic acids is 1. The standard InChI is InChI=1S/C15H14BrNO4/c16-9-4-5-12-8(6-9)7-13(21-12)14(18)17-11-3-1-2-10(11)15(19)20/h4-7,10-11H,1-3H2,(H,17,18)(H,19,20)/t10-,11+/m1/s1. The van der Waals surface area contributed by atoms with Crippen LogP contribution in [-0.2, 0) is 4.79 Å². The highest BCUT2D eigenvalue weighted by atomic mass is 79.9. The molecule has 21 heavy (non-hydrogen) atoms. The van der Waals surface area contributed by atoms with Crippen LogP contribution in [-0.4, -0.2) is 23.0 Å².